The van der Waals surface area contributed by atoms with E-state index >= 15 is 0 Å². The Hall–Kier alpha value is -0.720. The summed E-state index contributed by atoms with van der Waals surface area (Å²) in [6, 6.07) is 0. The molecule has 0 bridgehead atoms. The van der Waals surface area contributed by atoms with E-state index in [0.29, 0.717) is 47.8 Å². The molecule has 27 atom stereocenters. The van der Waals surface area contributed by atoms with Gasteiger partial charge in [0.25, 0.3) is 0 Å². The Balaban J connectivity index is 0.894. The molecule has 9 rings (SSSR count). The minimum absolute atomic E-state index is 0.0941. The second-order valence-electron chi connectivity index (χ2n) is 21.5. The number of ether oxygens (including phenoxy) is 8. The molecule has 0 aromatic heterocycles. The molecule has 18 nitrogen and oxygen atoms in total. The first-order valence-corrected chi connectivity index (χ1v) is 23.8. The molecule has 18 heteroatoms. The van der Waals surface area contributed by atoms with Crippen LogP contribution >= 0.6 is 0 Å². The Bertz CT molecular complexity index is 1570. The van der Waals surface area contributed by atoms with E-state index in [1.807, 2.05) is 0 Å². The van der Waals surface area contributed by atoms with Gasteiger partial charge in [0, 0.05) is 12.3 Å². The first-order valence-electron chi connectivity index (χ1n) is 23.8. The molecule has 362 valence electrons. The Morgan fingerprint density at radius 1 is 0.556 bits per heavy atom. The van der Waals surface area contributed by atoms with Crippen molar-refractivity contribution in [3.8, 4) is 0 Å². The first kappa shape index (κ1) is 47.4. The van der Waals surface area contributed by atoms with Crippen molar-refractivity contribution in [2.45, 2.75) is 202 Å². The molecule has 0 aromatic carbocycles. The molecule has 63 heavy (non-hydrogen) atoms. The largest absolute Gasteiger partial charge is 0.394 e. The van der Waals surface area contributed by atoms with Crippen molar-refractivity contribution in [1.82, 2.24) is 0 Å². The molecule has 9 fully saturated rings. The molecule has 10 N–H and O–H groups in total. The Kier molecular flexibility index (Phi) is 13.5. The third-order valence-corrected chi connectivity index (χ3v) is 18.3. The van der Waals surface area contributed by atoms with Crippen LogP contribution in [0.25, 0.3) is 0 Å². The lowest BCUT2D eigenvalue weighted by Crippen LogP contribution is -2.67. The fourth-order valence-corrected chi connectivity index (χ4v) is 14.7. The maximum absolute atomic E-state index is 12.0. The first-order chi connectivity index (χ1) is 30.0. The number of hydrogen-bond donors (Lipinski definition) is 10. The normalized spacial score (nSPS) is 58.2. The Labute approximate surface area is 369 Å². The van der Waals surface area contributed by atoms with Crippen LogP contribution in [0.1, 0.15) is 91.9 Å². The number of aliphatic hydroxyl groups is 10. The molecule has 0 amide bonds. The summed E-state index contributed by atoms with van der Waals surface area (Å²) in [5.74, 6) is 3.12. The van der Waals surface area contributed by atoms with Crippen LogP contribution in [0.3, 0.4) is 0 Å². The van der Waals surface area contributed by atoms with Crippen LogP contribution in [-0.2, 0) is 37.9 Å². The number of fused-ring (bicyclic) bond motifs is 7. The predicted octanol–water partition coefficient (Wildman–Crippen LogP) is -0.734. The third-order valence-electron chi connectivity index (χ3n) is 18.3. The summed E-state index contributed by atoms with van der Waals surface area (Å²) in [5, 5.41) is 106. The van der Waals surface area contributed by atoms with Gasteiger partial charge < -0.3 is 89.0 Å². The van der Waals surface area contributed by atoms with Crippen molar-refractivity contribution in [1.29, 1.82) is 0 Å². The third kappa shape index (κ3) is 7.88. The van der Waals surface area contributed by atoms with Gasteiger partial charge in [0.2, 0.25) is 0 Å². The summed E-state index contributed by atoms with van der Waals surface area (Å²) in [6.07, 6.45) is -14.5. The smallest absolute Gasteiger partial charge is 0.187 e. The van der Waals surface area contributed by atoms with Gasteiger partial charge in [-0.15, -0.1) is 0 Å². The van der Waals surface area contributed by atoms with Crippen LogP contribution in [-0.4, -0.2) is 188 Å². The maximum atomic E-state index is 12.0. The maximum Gasteiger partial charge on any atom is 0.187 e. The fourth-order valence-electron chi connectivity index (χ4n) is 14.7. The van der Waals surface area contributed by atoms with Crippen molar-refractivity contribution < 1.29 is 89.0 Å². The number of aliphatic hydroxyl groups excluding tert-OH is 10. The van der Waals surface area contributed by atoms with E-state index in [9.17, 15) is 51.1 Å². The van der Waals surface area contributed by atoms with Gasteiger partial charge in [-0.2, -0.15) is 0 Å². The molecule has 0 radical (unpaired) electrons. The van der Waals surface area contributed by atoms with Crippen molar-refractivity contribution in [3.63, 3.8) is 0 Å². The van der Waals surface area contributed by atoms with Gasteiger partial charge in [-0.3, -0.25) is 0 Å². The highest BCUT2D eigenvalue weighted by molar-refractivity contribution is 5.15. The highest BCUT2D eigenvalue weighted by atomic mass is 16.8. The summed E-state index contributed by atoms with van der Waals surface area (Å²) < 4.78 is 49.7. The summed E-state index contributed by atoms with van der Waals surface area (Å²) >= 11 is 0. The lowest BCUT2D eigenvalue weighted by Gasteiger charge is -2.61. The van der Waals surface area contributed by atoms with Gasteiger partial charge in [-0.1, -0.05) is 27.7 Å². The molecule has 0 aromatic rings. The average Bonchev–Trinajstić information content (AvgIpc) is 3.72. The van der Waals surface area contributed by atoms with E-state index in [0.717, 1.165) is 51.6 Å². The van der Waals surface area contributed by atoms with Crippen LogP contribution in [0.2, 0.25) is 0 Å². The Morgan fingerprint density at radius 3 is 1.75 bits per heavy atom. The van der Waals surface area contributed by atoms with Gasteiger partial charge in [-0.05, 0) is 104 Å². The predicted molar refractivity (Wildman–Crippen MR) is 216 cm³/mol. The minimum Gasteiger partial charge on any atom is -0.394 e. The molecule has 4 aliphatic carbocycles. The Morgan fingerprint density at radius 2 is 1.14 bits per heavy atom. The van der Waals surface area contributed by atoms with E-state index in [1.54, 1.807) is 0 Å². The quantitative estimate of drug-likeness (QED) is 0.128. The zero-order valence-corrected chi connectivity index (χ0v) is 37.0. The van der Waals surface area contributed by atoms with Crippen molar-refractivity contribution in [2.75, 3.05) is 26.4 Å². The zero-order chi connectivity index (χ0) is 44.9. The highest BCUT2D eigenvalue weighted by Gasteiger charge is 2.69. The minimum atomic E-state index is -1.87. The molecule has 4 saturated carbocycles. The molecule has 27 unspecified atom stereocenters. The zero-order valence-electron chi connectivity index (χ0n) is 37.0. The lowest BCUT2D eigenvalue weighted by atomic mass is 9.44. The molecular weight excluding hydrogens is 828 g/mol. The van der Waals surface area contributed by atoms with Crippen LogP contribution in [0.5, 0.6) is 0 Å². The summed E-state index contributed by atoms with van der Waals surface area (Å²) in [6.45, 7) is 8.20. The topological polar surface area (TPSA) is 276 Å². The molecule has 5 saturated heterocycles. The molecular formula is C45H74O18. The van der Waals surface area contributed by atoms with Crippen LogP contribution in [0, 0.1) is 52.3 Å². The van der Waals surface area contributed by atoms with Gasteiger partial charge >= 0.3 is 0 Å². The van der Waals surface area contributed by atoms with E-state index in [-0.39, 0.29) is 23.0 Å². The highest BCUT2D eigenvalue weighted by Crippen LogP contribution is 2.71. The van der Waals surface area contributed by atoms with Crippen LogP contribution < -0.4 is 0 Å². The van der Waals surface area contributed by atoms with Gasteiger partial charge in [0.1, 0.15) is 73.2 Å². The summed E-state index contributed by atoms with van der Waals surface area (Å²) in [5.41, 5.74) is 0.303. The monoisotopic (exact) mass is 902 g/mol. The lowest BCUT2D eigenvalue weighted by molar-refractivity contribution is -0.390. The van der Waals surface area contributed by atoms with Crippen LogP contribution in [0.4, 0.5) is 0 Å². The molecule has 9 aliphatic rings. The van der Waals surface area contributed by atoms with Crippen LogP contribution in [0.15, 0.2) is 0 Å². The van der Waals surface area contributed by atoms with Crippen molar-refractivity contribution in [2.24, 2.45) is 52.3 Å². The average molecular weight is 903 g/mol. The van der Waals surface area contributed by atoms with Crippen molar-refractivity contribution >= 4 is 0 Å². The summed E-state index contributed by atoms with van der Waals surface area (Å²) in [4.78, 5) is 0. The standard InChI is InChI=1S/C45H74O18/c1-19-7-12-45(56-18-19)20(2)30-26(63-45)14-25-23-6-5-21-13-22(8-10-43(21,3)24(23)9-11-44(25,30)4)57-42-37(55)39(62-41-36(54)34(52)32(50)28(16-47)59-41)38(29(17-48)60-42)61-40-35(53)33(51)31(49)27(15-46)58-40/h19-42,46-55H,5-18H2,1-4H3. The second kappa shape index (κ2) is 18.0. The molecule has 1 spiro atoms. The van der Waals surface area contributed by atoms with Gasteiger partial charge in [0.05, 0.1) is 38.6 Å². The summed E-state index contributed by atoms with van der Waals surface area (Å²) in [7, 11) is 0. The number of rotatable bonds is 9. The molecule has 5 aliphatic heterocycles. The van der Waals surface area contributed by atoms with E-state index in [1.165, 1.54) is 12.8 Å². The number of hydrogen-bond acceptors (Lipinski definition) is 18. The second-order valence-corrected chi connectivity index (χ2v) is 21.5. The SMILES string of the molecule is CC1CCC2(OC1)OC1CC3C4CCC5CC(OC6OC(CO)C(OC7OC(CO)C(O)C(O)C7O)C(OC7OC(CO)C(O)C(O)C7O)C6O)CCC5(C)C4CCC3(C)C1C2C. The van der Waals surface area contributed by atoms with Gasteiger partial charge in [0.15, 0.2) is 24.7 Å². The molecule has 5 heterocycles. The van der Waals surface area contributed by atoms with E-state index in [2.05, 4.69) is 27.7 Å². The van der Waals surface area contributed by atoms with Crippen molar-refractivity contribution in [3.05, 3.63) is 0 Å². The fraction of sp³-hybridized carbons (Fsp3) is 1.00. The van der Waals surface area contributed by atoms with E-state index < -0.39 is 118 Å². The van der Waals surface area contributed by atoms with Gasteiger partial charge in [-0.25, -0.2) is 0 Å². The van der Waals surface area contributed by atoms with E-state index in [4.69, 9.17) is 37.9 Å².